The molecular weight excluding hydrogens is 224 g/mol. The molecule has 0 aromatic carbocycles. The molecule has 0 radical (unpaired) electrons. The zero-order chi connectivity index (χ0) is 11.5. The molecule has 0 saturated heterocycles. The van der Waals surface area contributed by atoms with Gasteiger partial charge in [0.2, 0.25) is 0 Å². The highest BCUT2D eigenvalue weighted by atomic mass is 32.1. The summed E-state index contributed by atoms with van der Waals surface area (Å²) in [4.78, 5) is 15.0. The monoisotopic (exact) mass is 240 g/mol. The Bertz CT molecular complexity index is 378. The third-order valence-corrected chi connectivity index (χ3v) is 4.00. The van der Waals surface area contributed by atoms with E-state index in [1.165, 1.54) is 36.8 Å². The quantitative estimate of drug-likeness (QED) is 0.849. The van der Waals surface area contributed by atoms with Gasteiger partial charge in [-0.3, -0.25) is 0 Å². The summed E-state index contributed by atoms with van der Waals surface area (Å²) in [5.74, 6) is 0.643. The number of aromatic nitrogens is 1. The van der Waals surface area contributed by atoms with Gasteiger partial charge in [-0.05, 0) is 24.7 Å². The molecule has 0 amide bonds. The smallest absolute Gasteiger partial charge is 0.347 e. The van der Waals surface area contributed by atoms with Gasteiger partial charge in [-0.1, -0.05) is 24.7 Å². The summed E-state index contributed by atoms with van der Waals surface area (Å²) in [5.41, 5.74) is 0. The molecule has 0 bridgehead atoms. The largest absolute Gasteiger partial charge is 0.477 e. The van der Waals surface area contributed by atoms with Gasteiger partial charge < -0.3 is 10.4 Å². The first-order valence-corrected chi connectivity index (χ1v) is 6.40. The Balaban J connectivity index is 1.83. The molecule has 2 unspecified atom stereocenters. The topological polar surface area (TPSA) is 62.2 Å². The number of carbonyl (C=O) groups is 1. The summed E-state index contributed by atoms with van der Waals surface area (Å²) in [7, 11) is 0. The van der Waals surface area contributed by atoms with Crippen LogP contribution in [0.4, 0.5) is 5.13 Å². The van der Waals surface area contributed by atoms with Gasteiger partial charge in [-0.2, -0.15) is 0 Å². The second-order valence-electron chi connectivity index (χ2n) is 4.50. The van der Waals surface area contributed by atoms with Gasteiger partial charge in [0.15, 0.2) is 5.13 Å². The highest BCUT2D eigenvalue weighted by Crippen LogP contribution is 2.30. The molecule has 5 heteroatoms. The van der Waals surface area contributed by atoms with Crippen LogP contribution in [0.2, 0.25) is 0 Å². The third-order valence-electron chi connectivity index (χ3n) is 3.06. The van der Waals surface area contributed by atoms with Gasteiger partial charge in [0.1, 0.15) is 4.88 Å². The van der Waals surface area contributed by atoms with Crippen LogP contribution in [0.25, 0.3) is 0 Å². The summed E-state index contributed by atoms with van der Waals surface area (Å²) in [6.07, 6.45) is 5.26. The first-order valence-electron chi connectivity index (χ1n) is 5.58. The lowest BCUT2D eigenvalue weighted by Crippen LogP contribution is -2.11. The molecule has 88 valence electrons. The molecule has 1 saturated carbocycles. The fraction of sp³-hybridized carbons (Fsp3) is 0.636. The number of carboxylic acid groups (broad SMARTS) is 1. The minimum atomic E-state index is -0.903. The first-order chi connectivity index (χ1) is 7.65. The van der Waals surface area contributed by atoms with Crippen molar-refractivity contribution < 1.29 is 9.90 Å². The normalized spacial score (nSPS) is 24.6. The van der Waals surface area contributed by atoms with Crippen molar-refractivity contribution in [3.63, 3.8) is 0 Å². The van der Waals surface area contributed by atoms with Crippen LogP contribution in [0.3, 0.4) is 0 Å². The molecule has 16 heavy (non-hydrogen) atoms. The predicted molar refractivity (Wildman–Crippen MR) is 64.1 cm³/mol. The van der Waals surface area contributed by atoms with E-state index < -0.39 is 5.97 Å². The Hall–Kier alpha value is -1.10. The number of hydrogen-bond acceptors (Lipinski definition) is 4. The summed E-state index contributed by atoms with van der Waals surface area (Å²) in [6.45, 7) is 3.20. The molecule has 1 heterocycles. The van der Waals surface area contributed by atoms with E-state index in [0.717, 1.165) is 17.6 Å². The van der Waals surface area contributed by atoms with Gasteiger partial charge in [-0.25, -0.2) is 9.78 Å². The molecule has 1 aromatic heterocycles. The number of nitrogens with one attached hydrogen (secondary N) is 1. The maximum Gasteiger partial charge on any atom is 0.347 e. The van der Waals surface area contributed by atoms with E-state index in [1.54, 1.807) is 0 Å². The van der Waals surface area contributed by atoms with Crippen molar-refractivity contribution >= 4 is 22.4 Å². The van der Waals surface area contributed by atoms with E-state index in [9.17, 15) is 4.79 Å². The molecule has 1 fully saturated rings. The summed E-state index contributed by atoms with van der Waals surface area (Å²) in [6, 6.07) is 0. The zero-order valence-electron chi connectivity index (χ0n) is 9.27. The molecule has 1 aliphatic rings. The van der Waals surface area contributed by atoms with Crippen molar-refractivity contribution in [1.29, 1.82) is 0 Å². The summed E-state index contributed by atoms with van der Waals surface area (Å²) in [5, 5.41) is 12.7. The number of anilines is 1. The molecular formula is C11H16N2O2S. The minimum absolute atomic E-state index is 0.294. The molecule has 2 rings (SSSR count). The van der Waals surface area contributed by atoms with Crippen LogP contribution in [-0.4, -0.2) is 22.6 Å². The number of nitrogens with zero attached hydrogens (tertiary/aromatic N) is 1. The second-order valence-corrected chi connectivity index (χ2v) is 5.53. The second kappa shape index (κ2) is 4.82. The van der Waals surface area contributed by atoms with E-state index in [2.05, 4.69) is 17.2 Å². The van der Waals surface area contributed by atoms with Crippen LogP contribution in [0.15, 0.2) is 6.20 Å². The number of thiazole rings is 1. The van der Waals surface area contributed by atoms with Gasteiger partial charge >= 0.3 is 5.97 Å². The van der Waals surface area contributed by atoms with Gasteiger partial charge in [-0.15, -0.1) is 0 Å². The molecule has 0 spiro atoms. The average Bonchev–Trinajstić information content (AvgIpc) is 2.83. The van der Waals surface area contributed by atoms with E-state index in [4.69, 9.17) is 5.11 Å². The fourth-order valence-corrected chi connectivity index (χ4v) is 2.86. The van der Waals surface area contributed by atoms with Crippen LogP contribution in [0.5, 0.6) is 0 Å². The maximum atomic E-state index is 10.7. The van der Waals surface area contributed by atoms with Crippen molar-refractivity contribution in [2.24, 2.45) is 11.8 Å². The Morgan fingerprint density at radius 2 is 2.50 bits per heavy atom. The Kier molecular flexibility index (Phi) is 3.43. The zero-order valence-corrected chi connectivity index (χ0v) is 10.1. The van der Waals surface area contributed by atoms with Gasteiger partial charge in [0.25, 0.3) is 0 Å². The van der Waals surface area contributed by atoms with Crippen molar-refractivity contribution in [3.05, 3.63) is 11.1 Å². The summed E-state index contributed by atoms with van der Waals surface area (Å²) >= 11 is 1.20. The number of rotatable bonds is 4. The third kappa shape index (κ3) is 2.72. The van der Waals surface area contributed by atoms with Crippen LogP contribution in [0, 0.1) is 11.8 Å². The molecule has 0 aliphatic heterocycles. The molecule has 1 aromatic rings. The van der Waals surface area contributed by atoms with E-state index in [0.29, 0.717) is 10.8 Å². The van der Waals surface area contributed by atoms with Crippen molar-refractivity contribution in [3.8, 4) is 0 Å². The molecule has 4 nitrogen and oxygen atoms in total. The fourth-order valence-electron chi connectivity index (χ4n) is 2.20. The lowest BCUT2D eigenvalue weighted by atomic mass is 10.1. The number of hydrogen-bond donors (Lipinski definition) is 2. The van der Waals surface area contributed by atoms with Crippen LogP contribution in [0.1, 0.15) is 35.9 Å². The molecule has 1 aliphatic carbocycles. The van der Waals surface area contributed by atoms with Crippen LogP contribution >= 0.6 is 11.3 Å². The van der Waals surface area contributed by atoms with Crippen LogP contribution in [-0.2, 0) is 0 Å². The molecule has 2 N–H and O–H groups in total. The Morgan fingerprint density at radius 1 is 1.69 bits per heavy atom. The maximum absolute atomic E-state index is 10.7. The Morgan fingerprint density at radius 3 is 3.06 bits per heavy atom. The highest BCUT2D eigenvalue weighted by molar-refractivity contribution is 7.17. The van der Waals surface area contributed by atoms with Gasteiger partial charge in [0, 0.05) is 6.54 Å². The van der Waals surface area contributed by atoms with Crippen molar-refractivity contribution in [1.82, 2.24) is 4.98 Å². The average molecular weight is 240 g/mol. The minimum Gasteiger partial charge on any atom is -0.477 e. The van der Waals surface area contributed by atoms with Crippen molar-refractivity contribution in [2.75, 3.05) is 11.9 Å². The van der Waals surface area contributed by atoms with Crippen molar-refractivity contribution in [2.45, 2.75) is 26.2 Å². The lowest BCUT2D eigenvalue weighted by Gasteiger charge is -2.09. The number of aromatic carboxylic acids is 1. The molecule has 2 atom stereocenters. The highest BCUT2D eigenvalue weighted by Gasteiger charge is 2.21. The Labute approximate surface area is 98.7 Å². The standard InChI is InChI=1S/C11H16N2O2S/c1-7-2-3-8(4-7)5-12-11-13-6-9(16-11)10(14)15/h6-8H,2-5H2,1H3,(H,12,13)(H,14,15). The first kappa shape index (κ1) is 11.4. The number of carboxylic acids is 1. The van der Waals surface area contributed by atoms with Gasteiger partial charge in [0.05, 0.1) is 6.20 Å². The van der Waals surface area contributed by atoms with E-state index >= 15 is 0 Å². The lowest BCUT2D eigenvalue weighted by molar-refractivity contribution is 0.0702. The van der Waals surface area contributed by atoms with Crippen LogP contribution < -0.4 is 5.32 Å². The summed E-state index contributed by atoms with van der Waals surface area (Å²) < 4.78 is 0. The van der Waals surface area contributed by atoms with E-state index in [1.807, 2.05) is 0 Å². The SMILES string of the molecule is CC1CCC(CNc2ncc(C(=O)O)s2)C1. The van der Waals surface area contributed by atoms with E-state index in [-0.39, 0.29) is 0 Å². The predicted octanol–water partition coefficient (Wildman–Crippen LogP) is 2.69.